The van der Waals surface area contributed by atoms with E-state index in [1.165, 1.54) is 6.08 Å². The standard InChI is InChI=1S/C9H12O2/c1-4-5-7(2)6-9(11)8(3)10/h4-6,10-11H,2-3H2,1H3/b5-4+,9-6+. The highest BCUT2D eigenvalue weighted by Gasteiger charge is 1.94. The van der Waals surface area contributed by atoms with E-state index in [0.717, 1.165) is 0 Å². The Hall–Kier alpha value is -1.44. The van der Waals surface area contributed by atoms with Crippen molar-refractivity contribution >= 4 is 0 Å². The second kappa shape index (κ2) is 4.39. The topological polar surface area (TPSA) is 40.5 Å². The summed E-state index contributed by atoms with van der Waals surface area (Å²) in [6.45, 7) is 8.57. The monoisotopic (exact) mass is 152 g/mol. The minimum absolute atomic E-state index is 0.256. The zero-order valence-corrected chi connectivity index (χ0v) is 6.54. The molecule has 2 heteroatoms. The van der Waals surface area contributed by atoms with E-state index in [4.69, 9.17) is 10.2 Å². The first-order valence-electron chi connectivity index (χ1n) is 3.18. The van der Waals surface area contributed by atoms with Gasteiger partial charge in [-0.1, -0.05) is 25.3 Å². The minimum atomic E-state index is -0.351. The average Bonchev–Trinajstić information content (AvgIpc) is 1.87. The summed E-state index contributed by atoms with van der Waals surface area (Å²) in [4.78, 5) is 0. The van der Waals surface area contributed by atoms with Gasteiger partial charge < -0.3 is 10.2 Å². The summed E-state index contributed by atoms with van der Waals surface area (Å²) in [6, 6.07) is 0. The van der Waals surface area contributed by atoms with Crippen molar-refractivity contribution in [3.05, 3.63) is 48.5 Å². The third-order valence-corrected chi connectivity index (χ3v) is 0.999. The van der Waals surface area contributed by atoms with Crippen LogP contribution in [-0.4, -0.2) is 10.2 Å². The van der Waals surface area contributed by atoms with Crippen LogP contribution in [0.4, 0.5) is 0 Å². The third kappa shape index (κ3) is 4.03. The predicted octanol–water partition coefficient (Wildman–Crippen LogP) is 2.63. The molecular formula is C9H12O2. The molecule has 0 aliphatic heterocycles. The molecule has 0 bridgehead atoms. The first kappa shape index (κ1) is 9.56. The molecule has 2 N–H and O–H groups in total. The summed E-state index contributed by atoms with van der Waals surface area (Å²) >= 11 is 0. The molecule has 2 nitrogen and oxygen atoms in total. The summed E-state index contributed by atoms with van der Waals surface area (Å²) < 4.78 is 0. The van der Waals surface area contributed by atoms with Gasteiger partial charge in [0.2, 0.25) is 0 Å². The SMILES string of the molecule is C=C(/C=C/C)/C=C(/O)C(=C)O. The van der Waals surface area contributed by atoms with Crippen molar-refractivity contribution in [3.63, 3.8) is 0 Å². The summed E-state index contributed by atoms with van der Waals surface area (Å²) in [7, 11) is 0. The third-order valence-electron chi connectivity index (χ3n) is 0.999. The van der Waals surface area contributed by atoms with E-state index < -0.39 is 0 Å². The lowest BCUT2D eigenvalue weighted by Gasteiger charge is -1.95. The number of aliphatic hydroxyl groups is 2. The fraction of sp³-hybridized carbons (Fsp3) is 0.111. The Morgan fingerprint density at radius 3 is 2.18 bits per heavy atom. The van der Waals surface area contributed by atoms with Gasteiger partial charge in [0.25, 0.3) is 0 Å². The van der Waals surface area contributed by atoms with Gasteiger partial charge in [0.1, 0.15) is 5.76 Å². The van der Waals surface area contributed by atoms with Gasteiger partial charge in [-0.2, -0.15) is 0 Å². The van der Waals surface area contributed by atoms with E-state index in [1.54, 1.807) is 12.2 Å². The lowest BCUT2D eigenvalue weighted by atomic mass is 10.2. The largest absolute Gasteiger partial charge is 0.505 e. The highest BCUT2D eigenvalue weighted by atomic mass is 16.3. The quantitative estimate of drug-likeness (QED) is 0.482. The Balaban J connectivity index is 4.31. The highest BCUT2D eigenvalue weighted by molar-refractivity contribution is 5.32. The maximum Gasteiger partial charge on any atom is 0.157 e. The lowest BCUT2D eigenvalue weighted by molar-refractivity contribution is 0.328. The van der Waals surface area contributed by atoms with Crippen LogP contribution in [0.25, 0.3) is 0 Å². The Morgan fingerprint density at radius 2 is 1.82 bits per heavy atom. The van der Waals surface area contributed by atoms with Crippen LogP contribution >= 0.6 is 0 Å². The molecule has 0 rings (SSSR count). The van der Waals surface area contributed by atoms with Gasteiger partial charge in [0.05, 0.1) is 0 Å². The van der Waals surface area contributed by atoms with Crippen molar-refractivity contribution < 1.29 is 10.2 Å². The van der Waals surface area contributed by atoms with Crippen molar-refractivity contribution in [2.75, 3.05) is 0 Å². The van der Waals surface area contributed by atoms with Crippen LogP contribution in [0, 0.1) is 0 Å². The van der Waals surface area contributed by atoms with Gasteiger partial charge in [-0.25, -0.2) is 0 Å². The first-order chi connectivity index (χ1) is 5.07. The Kier molecular flexibility index (Phi) is 3.81. The van der Waals surface area contributed by atoms with Gasteiger partial charge in [-0.15, -0.1) is 0 Å². The van der Waals surface area contributed by atoms with Crippen molar-refractivity contribution in [3.8, 4) is 0 Å². The van der Waals surface area contributed by atoms with Gasteiger partial charge >= 0.3 is 0 Å². The Labute approximate surface area is 66.5 Å². The molecule has 0 saturated carbocycles. The summed E-state index contributed by atoms with van der Waals surface area (Å²) in [5.41, 5.74) is 0.611. The second-order valence-corrected chi connectivity index (χ2v) is 2.05. The second-order valence-electron chi connectivity index (χ2n) is 2.05. The maximum atomic E-state index is 8.94. The number of aliphatic hydroxyl groups excluding tert-OH is 2. The number of hydrogen-bond acceptors (Lipinski definition) is 2. The molecule has 0 spiro atoms. The van der Waals surface area contributed by atoms with Crippen LogP contribution in [0.15, 0.2) is 48.5 Å². The van der Waals surface area contributed by atoms with E-state index in [-0.39, 0.29) is 11.5 Å². The summed E-state index contributed by atoms with van der Waals surface area (Å²) in [6.07, 6.45) is 4.83. The fourth-order valence-corrected chi connectivity index (χ4v) is 0.521. The number of hydrogen-bond donors (Lipinski definition) is 2. The molecule has 0 saturated heterocycles. The fourth-order valence-electron chi connectivity index (χ4n) is 0.521. The highest BCUT2D eigenvalue weighted by Crippen LogP contribution is 2.04. The van der Waals surface area contributed by atoms with Crippen molar-refractivity contribution in [2.45, 2.75) is 6.92 Å². The number of rotatable bonds is 3. The predicted molar refractivity (Wildman–Crippen MR) is 46.4 cm³/mol. The van der Waals surface area contributed by atoms with Crippen LogP contribution in [0.1, 0.15) is 6.92 Å². The van der Waals surface area contributed by atoms with Gasteiger partial charge in [-0.05, 0) is 18.6 Å². The molecule has 60 valence electrons. The van der Waals surface area contributed by atoms with Gasteiger partial charge in [0, 0.05) is 0 Å². The normalized spacial score (nSPS) is 11.9. The van der Waals surface area contributed by atoms with E-state index >= 15 is 0 Å². The van der Waals surface area contributed by atoms with Gasteiger partial charge in [0.15, 0.2) is 5.76 Å². The molecule has 0 aliphatic carbocycles. The van der Waals surface area contributed by atoms with Crippen LogP contribution in [0.5, 0.6) is 0 Å². The van der Waals surface area contributed by atoms with E-state index in [0.29, 0.717) is 5.57 Å². The zero-order valence-electron chi connectivity index (χ0n) is 6.54. The first-order valence-corrected chi connectivity index (χ1v) is 3.18. The number of allylic oxidation sites excluding steroid dienone is 4. The molecule has 0 radical (unpaired) electrons. The zero-order chi connectivity index (χ0) is 8.85. The van der Waals surface area contributed by atoms with Crippen LogP contribution < -0.4 is 0 Å². The van der Waals surface area contributed by atoms with Crippen LogP contribution in [-0.2, 0) is 0 Å². The molecule has 11 heavy (non-hydrogen) atoms. The van der Waals surface area contributed by atoms with Crippen LogP contribution in [0.3, 0.4) is 0 Å². The molecule has 0 heterocycles. The molecule has 0 aromatic rings. The Morgan fingerprint density at radius 1 is 1.27 bits per heavy atom. The summed E-state index contributed by atoms with van der Waals surface area (Å²) in [5, 5.41) is 17.6. The molecule has 0 aromatic heterocycles. The van der Waals surface area contributed by atoms with Crippen molar-refractivity contribution in [1.82, 2.24) is 0 Å². The van der Waals surface area contributed by atoms with E-state index in [9.17, 15) is 0 Å². The molecular weight excluding hydrogens is 140 g/mol. The van der Waals surface area contributed by atoms with Crippen LogP contribution in [0.2, 0.25) is 0 Å². The van der Waals surface area contributed by atoms with E-state index in [1.807, 2.05) is 6.92 Å². The van der Waals surface area contributed by atoms with Crippen molar-refractivity contribution in [1.29, 1.82) is 0 Å². The molecule has 0 aromatic carbocycles. The molecule has 0 amide bonds. The minimum Gasteiger partial charge on any atom is -0.505 e. The molecule has 0 aliphatic rings. The maximum absolute atomic E-state index is 8.94. The molecule has 0 fully saturated rings. The Bertz CT molecular complexity index is 222. The smallest absolute Gasteiger partial charge is 0.157 e. The molecule has 0 atom stereocenters. The van der Waals surface area contributed by atoms with Gasteiger partial charge in [-0.3, -0.25) is 0 Å². The average molecular weight is 152 g/mol. The van der Waals surface area contributed by atoms with E-state index in [2.05, 4.69) is 13.2 Å². The summed E-state index contributed by atoms with van der Waals surface area (Å²) in [5.74, 6) is -0.608. The van der Waals surface area contributed by atoms with Crippen molar-refractivity contribution in [2.24, 2.45) is 0 Å². The molecule has 0 unspecified atom stereocenters. The lowest BCUT2D eigenvalue weighted by Crippen LogP contribution is -1.84.